The van der Waals surface area contributed by atoms with Crippen molar-refractivity contribution in [2.75, 3.05) is 18.5 Å². The van der Waals surface area contributed by atoms with Gasteiger partial charge in [-0.3, -0.25) is 9.59 Å². The molecule has 0 saturated heterocycles. The minimum absolute atomic E-state index is 0.225. The molecule has 3 rings (SSSR count). The van der Waals surface area contributed by atoms with Crippen LogP contribution in [0.1, 0.15) is 10.4 Å². The lowest BCUT2D eigenvalue weighted by molar-refractivity contribution is -0.126. The predicted octanol–water partition coefficient (Wildman–Crippen LogP) is 2.30. The standard InChI is InChI=1S/C21H17FN2O6/c22-12-5-7-13(8-6-12)24-18(26)10-23-19(27)11-30-21(29)16-9-17(25)14-3-1-2-4-15(14)20(16)28/h1-9,25,28H,10-11H2,(H,23,27)(H,24,26). The fourth-order valence-corrected chi connectivity index (χ4v) is 2.67. The number of fused-ring (bicyclic) bond motifs is 1. The van der Waals surface area contributed by atoms with Gasteiger partial charge in [0.15, 0.2) is 6.61 Å². The molecule has 0 heterocycles. The number of hydrogen-bond acceptors (Lipinski definition) is 6. The maximum atomic E-state index is 12.8. The quantitative estimate of drug-likeness (QED) is 0.364. The number of benzene rings is 3. The summed E-state index contributed by atoms with van der Waals surface area (Å²) in [5, 5.41) is 25.6. The number of rotatable bonds is 6. The van der Waals surface area contributed by atoms with Crippen LogP contribution in [0.5, 0.6) is 11.5 Å². The van der Waals surface area contributed by atoms with Gasteiger partial charge in [0.2, 0.25) is 5.91 Å². The van der Waals surface area contributed by atoms with Gasteiger partial charge in [-0.25, -0.2) is 9.18 Å². The Hall–Kier alpha value is -4.14. The molecule has 0 aliphatic carbocycles. The summed E-state index contributed by atoms with van der Waals surface area (Å²) < 4.78 is 17.7. The molecular weight excluding hydrogens is 395 g/mol. The number of aromatic hydroxyl groups is 2. The van der Waals surface area contributed by atoms with Gasteiger partial charge in [0.1, 0.15) is 22.9 Å². The topological polar surface area (TPSA) is 125 Å². The van der Waals surface area contributed by atoms with Crippen LogP contribution in [-0.4, -0.2) is 41.1 Å². The molecule has 0 radical (unpaired) electrons. The van der Waals surface area contributed by atoms with Crippen LogP contribution in [0.25, 0.3) is 10.8 Å². The summed E-state index contributed by atoms with van der Waals surface area (Å²) in [5.74, 6) is -3.38. The highest BCUT2D eigenvalue weighted by molar-refractivity contribution is 6.04. The maximum Gasteiger partial charge on any atom is 0.342 e. The van der Waals surface area contributed by atoms with Crippen molar-refractivity contribution in [3.05, 3.63) is 66.0 Å². The van der Waals surface area contributed by atoms with Crippen molar-refractivity contribution in [1.82, 2.24) is 5.32 Å². The summed E-state index contributed by atoms with van der Waals surface area (Å²) in [6, 6.07) is 12.5. The molecule has 0 spiro atoms. The van der Waals surface area contributed by atoms with E-state index in [0.29, 0.717) is 11.1 Å². The number of hydrogen-bond donors (Lipinski definition) is 4. The molecule has 3 aromatic carbocycles. The van der Waals surface area contributed by atoms with Gasteiger partial charge in [-0.15, -0.1) is 0 Å². The molecule has 0 aliphatic rings. The van der Waals surface area contributed by atoms with E-state index in [9.17, 15) is 29.0 Å². The largest absolute Gasteiger partial charge is 0.507 e. The Morgan fingerprint density at radius 1 is 0.933 bits per heavy atom. The summed E-state index contributed by atoms with van der Waals surface area (Å²) in [5.41, 5.74) is 0.0571. The number of amides is 2. The number of ether oxygens (including phenoxy) is 1. The lowest BCUT2D eigenvalue weighted by atomic mass is 10.0. The Bertz CT molecular complexity index is 1110. The van der Waals surface area contributed by atoms with Crippen LogP contribution >= 0.6 is 0 Å². The highest BCUT2D eigenvalue weighted by Gasteiger charge is 2.19. The molecular formula is C21H17FN2O6. The van der Waals surface area contributed by atoms with Gasteiger partial charge in [0, 0.05) is 16.5 Å². The zero-order valence-electron chi connectivity index (χ0n) is 15.5. The minimum Gasteiger partial charge on any atom is -0.507 e. The number of nitrogens with one attached hydrogen (secondary N) is 2. The van der Waals surface area contributed by atoms with Crippen molar-refractivity contribution in [3.8, 4) is 11.5 Å². The average Bonchev–Trinajstić information content (AvgIpc) is 2.74. The van der Waals surface area contributed by atoms with E-state index in [-0.39, 0.29) is 22.4 Å². The summed E-state index contributed by atoms with van der Waals surface area (Å²) in [4.78, 5) is 35.8. The smallest absolute Gasteiger partial charge is 0.342 e. The summed E-state index contributed by atoms with van der Waals surface area (Å²) in [6.07, 6.45) is 0. The van der Waals surface area contributed by atoms with Crippen molar-refractivity contribution >= 4 is 34.2 Å². The van der Waals surface area contributed by atoms with E-state index in [1.807, 2.05) is 0 Å². The highest BCUT2D eigenvalue weighted by atomic mass is 19.1. The second kappa shape index (κ2) is 8.91. The second-order valence-corrected chi connectivity index (χ2v) is 6.25. The first kappa shape index (κ1) is 20.6. The van der Waals surface area contributed by atoms with Crippen molar-refractivity contribution in [3.63, 3.8) is 0 Å². The molecule has 0 fully saturated rings. The minimum atomic E-state index is -1.01. The van der Waals surface area contributed by atoms with E-state index in [4.69, 9.17) is 4.74 Å². The first-order chi connectivity index (χ1) is 14.3. The Morgan fingerprint density at radius 3 is 2.30 bits per heavy atom. The fraction of sp³-hybridized carbons (Fsp3) is 0.0952. The van der Waals surface area contributed by atoms with Gasteiger partial charge < -0.3 is 25.6 Å². The molecule has 0 saturated carbocycles. The second-order valence-electron chi connectivity index (χ2n) is 6.25. The molecule has 8 nitrogen and oxygen atoms in total. The number of phenolic OH excluding ortho intramolecular Hbond substituents is 2. The number of carbonyl (C=O) groups excluding carboxylic acids is 3. The van der Waals surface area contributed by atoms with Crippen LogP contribution in [0.15, 0.2) is 54.6 Å². The van der Waals surface area contributed by atoms with Crippen LogP contribution in [0, 0.1) is 5.82 Å². The normalized spacial score (nSPS) is 10.4. The van der Waals surface area contributed by atoms with Gasteiger partial charge in [-0.2, -0.15) is 0 Å². The number of anilines is 1. The molecule has 3 aromatic rings. The lowest BCUT2D eigenvalue weighted by Gasteiger charge is -2.10. The van der Waals surface area contributed by atoms with Crippen LogP contribution in [-0.2, 0) is 14.3 Å². The Labute approximate surface area is 169 Å². The Kier molecular flexibility index (Phi) is 6.11. The number of halogens is 1. The zero-order valence-corrected chi connectivity index (χ0v) is 15.5. The monoisotopic (exact) mass is 412 g/mol. The SMILES string of the molecule is O=C(COC(=O)c1cc(O)c2ccccc2c1O)NCC(=O)Nc1ccc(F)cc1. The van der Waals surface area contributed by atoms with Gasteiger partial charge in [-0.05, 0) is 30.3 Å². The maximum absolute atomic E-state index is 12.8. The summed E-state index contributed by atoms with van der Waals surface area (Å²) in [7, 11) is 0. The fourth-order valence-electron chi connectivity index (χ4n) is 2.67. The first-order valence-corrected chi connectivity index (χ1v) is 8.78. The Morgan fingerprint density at radius 2 is 1.60 bits per heavy atom. The van der Waals surface area contributed by atoms with Gasteiger partial charge in [0.05, 0.1) is 6.54 Å². The van der Waals surface area contributed by atoms with E-state index in [2.05, 4.69) is 10.6 Å². The molecule has 0 aliphatic heterocycles. The lowest BCUT2D eigenvalue weighted by Crippen LogP contribution is -2.35. The highest BCUT2D eigenvalue weighted by Crippen LogP contribution is 2.35. The molecule has 154 valence electrons. The van der Waals surface area contributed by atoms with Gasteiger partial charge >= 0.3 is 5.97 Å². The molecule has 0 bridgehead atoms. The molecule has 9 heteroatoms. The molecule has 2 amide bonds. The van der Waals surface area contributed by atoms with E-state index < -0.39 is 36.8 Å². The van der Waals surface area contributed by atoms with Crippen LogP contribution in [0.2, 0.25) is 0 Å². The van der Waals surface area contributed by atoms with Crippen molar-refractivity contribution in [1.29, 1.82) is 0 Å². The summed E-state index contributed by atoms with van der Waals surface area (Å²) in [6.45, 7) is -1.09. The molecule has 30 heavy (non-hydrogen) atoms. The van der Waals surface area contributed by atoms with Crippen molar-refractivity contribution in [2.45, 2.75) is 0 Å². The van der Waals surface area contributed by atoms with E-state index in [1.165, 1.54) is 30.3 Å². The molecule has 0 atom stereocenters. The van der Waals surface area contributed by atoms with Crippen molar-refractivity contribution in [2.24, 2.45) is 0 Å². The van der Waals surface area contributed by atoms with E-state index >= 15 is 0 Å². The zero-order chi connectivity index (χ0) is 21.7. The van der Waals surface area contributed by atoms with Crippen LogP contribution in [0.3, 0.4) is 0 Å². The number of carbonyl (C=O) groups is 3. The van der Waals surface area contributed by atoms with Crippen molar-refractivity contribution < 1.29 is 33.7 Å². The number of esters is 1. The predicted molar refractivity (Wildman–Crippen MR) is 106 cm³/mol. The third kappa shape index (κ3) is 4.82. The van der Waals surface area contributed by atoms with Crippen LogP contribution < -0.4 is 10.6 Å². The summed E-state index contributed by atoms with van der Waals surface area (Å²) >= 11 is 0. The van der Waals surface area contributed by atoms with E-state index in [1.54, 1.807) is 18.2 Å². The molecule has 0 aromatic heterocycles. The van der Waals surface area contributed by atoms with Gasteiger partial charge in [-0.1, -0.05) is 24.3 Å². The molecule has 4 N–H and O–H groups in total. The van der Waals surface area contributed by atoms with Crippen LogP contribution in [0.4, 0.5) is 10.1 Å². The van der Waals surface area contributed by atoms with Gasteiger partial charge in [0.25, 0.3) is 5.91 Å². The third-order valence-electron chi connectivity index (χ3n) is 4.12. The Balaban J connectivity index is 1.53. The first-order valence-electron chi connectivity index (χ1n) is 8.78. The molecule has 0 unspecified atom stereocenters. The third-order valence-corrected chi connectivity index (χ3v) is 4.12. The number of phenols is 2. The van der Waals surface area contributed by atoms with E-state index in [0.717, 1.165) is 6.07 Å². The average molecular weight is 412 g/mol.